The van der Waals surface area contributed by atoms with Crippen LogP contribution in [0.3, 0.4) is 0 Å². The standard InChI is InChI=1S/C21H31N3.2ClH.Re/c1-16-8-6-9-17(2)20(16)22-12-14-24(5)15-13-23-21-18(3)10-7-11-19(21)4;;;/h6-11,22-23H,12-15H2,1-5H3;2*1H;/p-2. The molecule has 27 heavy (non-hydrogen) atoms. The Morgan fingerprint density at radius 2 is 0.963 bits per heavy atom. The van der Waals surface area contributed by atoms with E-state index in [1.165, 1.54) is 33.6 Å². The number of likely N-dealkylation sites (N-methyl/N-ethyl adjacent to an activating group) is 1. The molecule has 0 aromatic heterocycles. The number of nitrogens with zero attached hydrogens (tertiary/aromatic N) is 1. The van der Waals surface area contributed by atoms with Crippen molar-refractivity contribution in [2.45, 2.75) is 27.7 Å². The summed E-state index contributed by atoms with van der Waals surface area (Å²) in [6.07, 6.45) is 0. The molecule has 153 valence electrons. The number of nitrogens with one attached hydrogen (secondary N) is 2. The Kier molecular flexibility index (Phi) is 15.0. The number of hydrogen-bond donors (Lipinski definition) is 2. The molecule has 1 radical (unpaired) electrons. The van der Waals surface area contributed by atoms with Crippen LogP contribution in [-0.2, 0) is 20.4 Å². The van der Waals surface area contributed by atoms with Gasteiger partial charge < -0.3 is 40.3 Å². The fraction of sp³-hybridized carbons (Fsp3) is 0.429. The number of aryl methyl sites for hydroxylation is 4. The monoisotopic (exact) mass is 582 g/mol. The normalized spacial score (nSPS) is 9.70. The third-order valence-corrected chi connectivity index (χ3v) is 4.55. The van der Waals surface area contributed by atoms with Gasteiger partial charge in [0.05, 0.1) is 0 Å². The molecule has 0 heterocycles. The maximum Gasteiger partial charge on any atom is 0.0400 e. The van der Waals surface area contributed by atoms with Crippen molar-refractivity contribution in [1.29, 1.82) is 0 Å². The number of rotatable bonds is 8. The van der Waals surface area contributed by atoms with E-state index in [1.807, 2.05) is 0 Å². The number of hydrogen-bond acceptors (Lipinski definition) is 3. The Bertz CT molecular complexity index is 582. The van der Waals surface area contributed by atoms with E-state index < -0.39 is 0 Å². The van der Waals surface area contributed by atoms with E-state index in [1.54, 1.807) is 0 Å². The summed E-state index contributed by atoms with van der Waals surface area (Å²) in [5.74, 6) is 0. The van der Waals surface area contributed by atoms with Crippen molar-refractivity contribution < 1.29 is 45.2 Å². The van der Waals surface area contributed by atoms with Gasteiger partial charge in [0.1, 0.15) is 0 Å². The molecule has 2 aromatic carbocycles. The SMILES string of the molecule is Cc1cccc(C)c1NCCN(C)CCNc1c(C)cccc1C.[Cl-].[Cl-].[Re]. The van der Waals surface area contributed by atoms with Crippen LogP contribution >= 0.6 is 0 Å². The predicted octanol–water partition coefficient (Wildman–Crippen LogP) is -1.62. The van der Waals surface area contributed by atoms with Crippen molar-refractivity contribution >= 4 is 11.4 Å². The summed E-state index contributed by atoms with van der Waals surface area (Å²) >= 11 is 0. The minimum atomic E-state index is 0. The van der Waals surface area contributed by atoms with Crippen molar-refractivity contribution in [3.8, 4) is 0 Å². The van der Waals surface area contributed by atoms with Gasteiger partial charge in [-0.2, -0.15) is 0 Å². The molecular formula is C21H31Cl2N3Re-2. The van der Waals surface area contributed by atoms with E-state index in [-0.39, 0.29) is 45.2 Å². The van der Waals surface area contributed by atoms with Crippen molar-refractivity contribution in [1.82, 2.24) is 4.90 Å². The molecule has 0 bridgehead atoms. The zero-order valence-electron chi connectivity index (χ0n) is 16.9. The maximum absolute atomic E-state index is 3.58. The van der Waals surface area contributed by atoms with Gasteiger partial charge >= 0.3 is 0 Å². The summed E-state index contributed by atoms with van der Waals surface area (Å²) in [6.45, 7) is 12.6. The number of benzene rings is 2. The first-order chi connectivity index (χ1) is 11.5. The fourth-order valence-corrected chi connectivity index (χ4v) is 3.04. The molecule has 0 spiro atoms. The summed E-state index contributed by atoms with van der Waals surface area (Å²) in [5.41, 5.74) is 7.81. The average molecular weight is 583 g/mol. The van der Waals surface area contributed by atoms with Crippen molar-refractivity contribution in [3.05, 3.63) is 58.7 Å². The molecule has 0 unspecified atom stereocenters. The first-order valence-electron chi connectivity index (χ1n) is 8.77. The Balaban J connectivity index is 0. The largest absolute Gasteiger partial charge is 1.00 e. The second-order valence-corrected chi connectivity index (χ2v) is 6.69. The zero-order valence-corrected chi connectivity index (χ0v) is 21.1. The average Bonchev–Trinajstić information content (AvgIpc) is 2.53. The molecule has 0 saturated carbocycles. The molecule has 3 nitrogen and oxygen atoms in total. The second kappa shape index (κ2) is 14.3. The number of anilines is 2. The van der Waals surface area contributed by atoms with Gasteiger partial charge in [-0.1, -0.05) is 36.4 Å². The van der Waals surface area contributed by atoms with Gasteiger partial charge in [0, 0.05) is 58.0 Å². The molecule has 2 N–H and O–H groups in total. The van der Waals surface area contributed by atoms with Gasteiger partial charge in [-0.25, -0.2) is 0 Å². The molecule has 2 rings (SSSR count). The van der Waals surface area contributed by atoms with E-state index in [4.69, 9.17) is 0 Å². The predicted molar refractivity (Wildman–Crippen MR) is 106 cm³/mol. The fourth-order valence-electron chi connectivity index (χ4n) is 3.04. The van der Waals surface area contributed by atoms with Gasteiger partial charge in [-0.05, 0) is 57.0 Å². The van der Waals surface area contributed by atoms with Crippen LogP contribution in [0.5, 0.6) is 0 Å². The molecule has 2 aromatic rings. The smallest absolute Gasteiger partial charge is 0.0400 e. The van der Waals surface area contributed by atoms with Gasteiger partial charge in [0.2, 0.25) is 0 Å². The summed E-state index contributed by atoms with van der Waals surface area (Å²) in [5, 5.41) is 7.15. The van der Waals surface area contributed by atoms with Gasteiger partial charge in [0.25, 0.3) is 0 Å². The minimum Gasteiger partial charge on any atom is -1.00 e. The van der Waals surface area contributed by atoms with E-state index >= 15 is 0 Å². The van der Waals surface area contributed by atoms with Gasteiger partial charge in [0.15, 0.2) is 0 Å². The Labute approximate surface area is 191 Å². The third-order valence-electron chi connectivity index (χ3n) is 4.55. The Morgan fingerprint density at radius 3 is 1.26 bits per heavy atom. The molecule has 6 heteroatoms. The Morgan fingerprint density at radius 1 is 0.667 bits per heavy atom. The van der Waals surface area contributed by atoms with Crippen LogP contribution in [0.25, 0.3) is 0 Å². The van der Waals surface area contributed by atoms with E-state index in [0.717, 1.165) is 26.2 Å². The summed E-state index contributed by atoms with van der Waals surface area (Å²) in [4.78, 5) is 2.36. The Hall–Kier alpha value is -0.758. The maximum atomic E-state index is 3.58. The zero-order chi connectivity index (χ0) is 17.5. The molecule has 0 atom stereocenters. The van der Waals surface area contributed by atoms with E-state index in [2.05, 4.69) is 86.7 Å². The number of para-hydroxylation sites is 2. The topological polar surface area (TPSA) is 27.3 Å². The van der Waals surface area contributed by atoms with Crippen LogP contribution in [0.2, 0.25) is 0 Å². The third kappa shape index (κ3) is 8.85. The first-order valence-corrected chi connectivity index (χ1v) is 8.77. The van der Waals surface area contributed by atoms with Gasteiger partial charge in [-0.3, -0.25) is 0 Å². The van der Waals surface area contributed by atoms with Crippen molar-refractivity contribution in [2.24, 2.45) is 0 Å². The minimum absolute atomic E-state index is 0. The molecule has 0 fully saturated rings. The van der Waals surface area contributed by atoms with Crippen LogP contribution in [0.1, 0.15) is 22.3 Å². The van der Waals surface area contributed by atoms with Crippen LogP contribution in [0, 0.1) is 27.7 Å². The quantitative estimate of drug-likeness (QED) is 0.392. The molecule has 0 amide bonds. The van der Waals surface area contributed by atoms with E-state index in [0.29, 0.717) is 0 Å². The molecular weight excluding hydrogens is 551 g/mol. The molecule has 0 aliphatic carbocycles. The van der Waals surface area contributed by atoms with Crippen molar-refractivity contribution in [3.63, 3.8) is 0 Å². The van der Waals surface area contributed by atoms with E-state index in [9.17, 15) is 0 Å². The molecule has 0 aliphatic rings. The van der Waals surface area contributed by atoms with Gasteiger partial charge in [-0.15, -0.1) is 0 Å². The van der Waals surface area contributed by atoms with Crippen LogP contribution in [-0.4, -0.2) is 38.1 Å². The number of halogens is 2. The van der Waals surface area contributed by atoms with Crippen LogP contribution in [0.15, 0.2) is 36.4 Å². The summed E-state index contributed by atoms with van der Waals surface area (Å²) in [7, 11) is 2.18. The molecule has 0 saturated heterocycles. The first kappa shape index (κ1) is 28.5. The van der Waals surface area contributed by atoms with Crippen molar-refractivity contribution in [2.75, 3.05) is 43.9 Å². The summed E-state index contributed by atoms with van der Waals surface area (Å²) < 4.78 is 0. The second-order valence-electron chi connectivity index (χ2n) is 6.69. The van der Waals surface area contributed by atoms with Crippen LogP contribution < -0.4 is 35.4 Å². The molecule has 0 aliphatic heterocycles. The summed E-state index contributed by atoms with van der Waals surface area (Å²) in [6, 6.07) is 12.9. The van der Waals surface area contributed by atoms with Crippen LogP contribution in [0.4, 0.5) is 11.4 Å².